The minimum absolute atomic E-state index is 0.190. The smallest absolute Gasteiger partial charge is 0.370 e. The van der Waals surface area contributed by atoms with E-state index in [9.17, 15) is 27.9 Å². The van der Waals surface area contributed by atoms with Gasteiger partial charge in [-0.25, -0.2) is 4.98 Å². The molecule has 0 saturated carbocycles. The van der Waals surface area contributed by atoms with Crippen molar-refractivity contribution in [2.45, 2.75) is 43.9 Å². The van der Waals surface area contributed by atoms with Crippen LogP contribution in [-0.4, -0.2) is 78.2 Å². The van der Waals surface area contributed by atoms with Crippen LogP contribution in [0.4, 0.5) is 18.9 Å². The molecular formula is C28H34ClF3N4O3. The van der Waals surface area contributed by atoms with Crippen LogP contribution in [0.15, 0.2) is 42.6 Å². The summed E-state index contributed by atoms with van der Waals surface area (Å²) in [5.41, 5.74) is -2.92. The number of amides is 2. The van der Waals surface area contributed by atoms with E-state index in [1.807, 2.05) is 0 Å². The highest BCUT2D eigenvalue weighted by molar-refractivity contribution is 6.33. The Morgan fingerprint density at radius 1 is 1.03 bits per heavy atom. The van der Waals surface area contributed by atoms with Gasteiger partial charge in [-0.15, -0.1) is 0 Å². The van der Waals surface area contributed by atoms with Crippen LogP contribution < -0.4 is 4.90 Å². The number of aromatic nitrogens is 1. The van der Waals surface area contributed by atoms with Gasteiger partial charge >= 0.3 is 6.18 Å². The van der Waals surface area contributed by atoms with Crippen molar-refractivity contribution in [1.29, 1.82) is 0 Å². The predicted molar refractivity (Wildman–Crippen MR) is 143 cm³/mol. The second-order valence-electron chi connectivity index (χ2n) is 10.7. The summed E-state index contributed by atoms with van der Waals surface area (Å²) in [5.74, 6) is -0.767. The molecule has 0 aliphatic carbocycles. The van der Waals surface area contributed by atoms with Gasteiger partial charge in [0.2, 0.25) is 0 Å². The van der Waals surface area contributed by atoms with Crippen LogP contribution in [0.25, 0.3) is 0 Å². The maximum absolute atomic E-state index is 13.9. The van der Waals surface area contributed by atoms with Gasteiger partial charge in [0, 0.05) is 45.8 Å². The highest BCUT2D eigenvalue weighted by atomic mass is 35.5. The summed E-state index contributed by atoms with van der Waals surface area (Å²) < 4.78 is 41.7. The third-order valence-corrected chi connectivity index (χ3v) is 8.18. The van der Waals surface area contributed by atoms with E-state index >= 15 is 0 Å². The van der Waals surface area contributed by atoms with Crippen LogP contribution in [0, 0.1) is 11.8 Å². The van der Waals surface area contributed by atoms with E-state index in [-0.39, 0.29) is 24.7 Å². The van der Waals surface area contributed by atoms with Gasteiger partial charge in [0.05, 0.1) is 16.9 Å². The van der Waals surface area contributed by atoms with Gasteiger partial charge in [0.15, 0.2) is 0 Å². The number of halogens is 4. The minimum Gasteiger partial charge on any atom is -0.370 e. The molecule has 11 heteroatoms. The first-order valence-corrected chi connectivity index (χ1v) is 13.6. The Morgan fingerprint density at radius 2 is 1.59 bits per heavy atom. The first-order chi connectivity index (χ1) is 18.4. The molecule has 2 aromatic rings. The number of hydrogen-bond acceptors (Lipinski definition) is 5. The fraction of sp³-hybridized carbons (Fsp3) is 0.536. The first-order valence-electron chi connectivity index (χ1n) is 13.2. The molecule has 39 heavy (non-hydrogen) atoms. The van der Waals surface area contributed by atoms with E-state index in [4.69, 9.17) is 11.6 Å². The Kier molecular flexibility index (Phi) is 8.75. The van der Waals surface area contributed by atoms with E-state index in [0.29, 0.717) is 29.7 Å². The molecule has 0 bridgehead atoms. The van der Waals surface area contributed by atoms with E-state index < -0.39 is 23.2 Å². The molecule has 0 unspecified atom stereocenters. The summed E-state index contributed by atoms with van der Waals surface area (Å²) in [6.07, 6.45) is 0.623. The summed E-state index contributed by atoms with van der Waals surface area (Å²) in [6.45, 7) is 2.01. The number of alkyl halides is 3. The standard InChI is InChI=1S/C28H34ClF3N4O3/c1-34(2)25(37)24-23(29)17-22(18-33-24)35-12-8-19(9-13-35)16-20-10-14-36(15-11-20)26(38)27(39,28(30,31)32)21-6-4-3-5-7-21/h3-7,17-20,39H,8-16H2,1-2H3/t27-/m0/s1. The minimum atomic E-state index is -5.13. The number of pyridine rings is 1. The fourth-order valence-corrected chi connectivity index (χ4v) is 5.80. The maximum atomic E-state index is 13.9. The van der Waals surface area contributed by atoms with Crippen molar-refractivity contribution >= 4 is 29.1 Å². The molecule has 2 fully saturated rings. The average Bonchev–Trinajstić information content (AvgIpc) is 2.92. The quantitative estimate of drug-likeness (QED) is 0.547. The molecule has 0 spiro atoms. The number of carbonyl (C=O) groups excluding carboxylic acids is 2. The van der Waals surface area contributed by atoms with E-state index in [1.54, 1.807) is 26.4 Å². The largest absolute Gasteiger partial charge is 0.430 e. The van der Waals surface area contributed by atoms with Gasteiger partial charge in [-0.1, -0.05) is 41.9 Å². The predicted octanol–water partition coefficient (Wildman–Crippen LogP) is 4.73. The molecule has 3 heterocycles. The Balaban J connectivity index is 1.29. The maximum Gasteiger partial charge on any atom is 0.430 e. The molecule has 212 valence electrons. The monoisotopic (exact) mass is 566 g/mol. The molecule has 2 amide bonds. The van der Waals surface area contributed by atoms with Crippen LogP contribution in [0.1, 0.15) is 48.2 Å². The van der Waals surface area contributed by atoms with Gasteiger partial charge < -0.3 is 19.8 Å². The number of piperidine rings is 2. The van der Waals surface area contributed by atoms with Crippen molar-refractivity contribution < 1.29 is 27.9 Å². The molecule has 1 atom stereocenters. The summed E-state index contributed by atoms with van der Waals surface area (Å²) in [7, 11) is 3.29. The van der Waals surface area contributed by atoms with Crippen molar-refractivity contribution in [1.82, 2.24) is 14.8 Å². The zero-order chi connectivity index (χ0) is 28.4. The van der Waals surface area contributed by atoms with Crippen LogP contribution in [0.2, 0.25) is 5.02 Å². The van der Waals surface area contributed by atoms with Crippen LogP contribution >= 0.6 is 11.6 Å². The van der Waals surface area contributed by atoms with Crippen molar-refractivity contribution in [2.75, 3.05) is 45.2 Å². The number of benzene rings is 1. The van der Waals surface area contributed by atoms with Gasteiger partial charge in [0.1, 0.15) is 5.69 Å². The zero-order valence-electron chi connectivity index (χ0n) is 22.1. The van der Waals surface area contributed by atoms with Crippen LogP contribution in [0.3, 0.4) is 0 Å². The second-order valence-corrected chi connectivity index (χ2v) is 11.1. The van der Waals surface area contributed by atoms with Crippen LogP contribution in [-0.2, 0) is 10.4 Å². The molecule has 1 aromatic heterocycles. The lowest BCUT2D eigenvalue weighted by Crippen LogP contribution is -2.57. The second kappa shape index (κ2) is 11.7. The van der Waals surface area contributed by atoms with E-state index in [1.165, 1.54) is 23.1 Å². The lowest BCUT2D eigenvalue weighted by atomic mass is 9.82. The molecule has 0 radical (unpaired) electrons. The highest BCUT2D eigenvalue weighted by Gasteiger charge is 2.62. The lowest BCUT2D eigenvalue weighted by Gasteiger charge is -2.40. The average molecular weight is 567 g/mol. The molecule has 2 aliphatic rings. The Hall–Kier alpha value is -2.85. The molecule has 4 rings (SSSR count). The molecule has 7 nitrogen and oxygen atoms in total. The number of aliphatic hydroxyl groups is 1. The van der Waals surface area contributed by atoms with Crippen LogP contribution in [0.5, 0.6) is 0 Å². The Labute approximate surface area is 231 Å². The summed E-state index contributed by atoms with van der Waals surface area (Å²) in [5, 5.41) is 10.9. The van der Waals surface area contributed by atoms with Gasteiger partial charge in [-0.2, -0.15) is 13.2 Å². The molecule has 2 saturated heterocycles. The molecule has 2 aliphatic heterocycles. The van der Waals surface area contributed by atoms with Crippen molar-refractivity contribution in [3.05, 3.63) is 58.9 Å². The van der Waals surface area contributed by atoms with Gasteiger partial charge in [-0.05, 0) is 50.0 Å². The highest BCUT2D eigenvalue weighted by Crippen LogP contribution is 2.41. The van der Waals surface area contributed by atoms with Crippen molar-refractivity contribution in [3.8, 4) is 0 Å². The van der Waals surface area contributed by atoms with E-state index in [0.717, 1.165) is 55.1 Å². The number of anilines is 1. The van der Waals surface area contributed by atoms with Crippen molar-refractivity contribution in [3.63, 3.8) is 0 Å². The molecule has 1 aromatic carbocycles. The normalized spacial score (nSPS) is 19.1. The number of carbonyl (C=O) groups is 2. The van der Waals surface area contributed by atoms with Crippen molar-refractivity contribution in [2.24, 2.45) is 11.8 Å². The third kappa shape index (κ3) is 6.17. The SMILES string of the molecule is CN(C)C(=O)c1ncc(N2CCC(CC3CCN(C(=O)[C@@](O)(c4ccccc4)C(F)(F)F)CC3)CC2)cc1Cl. The number of likely N-dealkylation sites (tertiary alicyclic amines) is 1. The van der Waals surface area contributed by atoms with Gasteiger partial charge in [0.25, 0.3) is 17.4 Å². The molecular weight excluding hydrogens is 533 g/mol. The zero-order valence-corrected chi connectivity index (χ0v) is 22.9. The summed E-state index contributed by atoms with van der Waals surface area (Å²) in [6, 6.07) is 8.33. The summed E-state index contributed by atoms with van der Waals surface area (Å²) >= 11 is 6.32. The Morgan fingerprint density at radius 3 is 2.10 bits per heavy atom. The molecule has 1 N–H and O–H groups in total. The first kappa shape index (κ1) is 29.1. The number of rotatable bonds is 6. The summed E-state index contributed by atoms with van der Waals surface area (Å²) in [4.78, 5) is 34.2. The number of hydrogen-bond donors (Lipinski definition) is 1. The number of nitrogens with zero attached hydrogens (tertiary/aromatic N) is 4. The van der Waals surface area contributed by atoms with Gasteiger partial charge in [-0.3, -0.25) is 9.59 Å². The Bertz CT molecular complexity index is 1160. The topological polar surface area (TPSA) is 77.0 Å². The fourth-order valence-electron chi connectivity index (χ4n) is 5.56. The lowest BCUT2D eigenvalue weighted by molar-refractivity contribution is -0.262. The third-order valence-electron chi connectivity index (χ3n) is 7.89. The van der Waals surface area contributed by atoms with E-state index in [2.05, 4.69) is 9.88 Å².